The highest BCUT2D eigenvalue weighted by atomic mass is 19.4. The van der Waals surface area contributed by atoms with Gasteiger partial charge in [0.05, 0.1) is 0 Å². The highest BCUT2D eigenvalue weighted by Crippen LogP contribution is 2.40. The van der Waals surface area contributed by atoms with Crippen LogP contribution in [0, 0.1) is 17.6 Å². The molecule has 1 aromatic carbocycles. The Kier molecular flexibility index (Phi) is 8.77. The van der Waals surface area contributed by atoms with Crippen molar-refractivity contribution in [1.29, 1.82) is 0 Å². The molecule has 0 unspecified atom stereocenters. The standard InChI is InChI=1S/C22H29F5O/c1-2-3-4-5-6-7-8-9-16-10-12-17(13-11-16)18-14-19(23)21(20(24)15-18)28-22(25,26)27/h4-5,14-17H,2-3,6-13H2,1H3/b5-4+. The third-order valence-electron chi connectivity index (χ3n) is 5.41. The van der Waals surface area contributed by atoms with Gasteiger partial charge in [0.15, 0.2) is 11.6 Å². The lowest BCUT2D eigenvalue weighted by molar-refractivity contribution is -0.276. The highest BCUT2D eigenvalue weighted by molar-refractivity contribution is 5.33. The maximum absolute atomic E-state index is 13.9. The minimum absolute atomic E-state index is 0.0165. The SMILES string of the molecule is CCC/C=C/CCCCC1CCC(c2cc(F)c(OC(F)(F)F)c(F)c2)CC1. The first kappa shape index (κ1) is 22.7. The summed E-state index contributed by atoms with van der Waals surface area (Å²) in [6, 6.07) is 1.97. The number of halogens is 5. The van der Waals surface area contributed by atoms with Crippen LogP contribution in [0.2, 0.25) is 0 Å². The largest absolute Gasteiger partial charge is 0.573 e. The fraction of sp³-hybridized carbons (Fsp3) is 0.636. The number of benzene rings is 1. The Labute approximate surface area is 164 Å². The summed E-state index contributed by atoms with van der Waals surface area (Å²) in [5.74, 6) is -3.37. The third-order valence-corrected chi connectivity index (χ3v) is 5.41. The second kappa shape index (κ2) is 10.8. The molecule has 6 heteroatoms. The summed E-state index contributed by atoms with van der Waals surface area (Å²) in [5, 5.41) is 0. The van der Waals surface area contributed by atoms with E-state index in [1.54, 1.807) is 0 Å². The number of ether oxygens (including phenoxy) is 1. The predicted octanol–water partition coefficient (Wildman–Crippen LogP) is 8.05. The Morgan fingerprint density at radius 3 is 2.14 bits per heavy atom. The molecule has 28 heavy (non-hydrogen) atoms. The van der Waals surface area contributed by atoms with Gasteiger partial charge in [0.2, 0.25) is 5.75 Å². The molecule has 1 fully saturated rings. The van der Waals surface area contributed by atoms with E-state index in [9.17, 15) is 22.0 Å². The monoisotopic (exact) mass is 404 g/mol. The number of allylic oxidation sites excluding steroid dienone is 2. The lowest BCUT2D eigenvalue weighted by atomic mass is 9.77. The Hall–Kier alpha value is -1.59. The molecule has 1 aromatic rings. The average molecular weight is 404 g/mol. The molecule has 0 spiro atoms. The second-order valence-electron chi connectivity index (χ2n) is 7.62. The molecule has 0 bridgehead atoms. The molecule has 0 aliphatic heterocycles. The van der Waals surface area contributed by atoms with E-state index in [1.807, 2.05) is 0 Å². The van der Waals surface area contributed by atoms with Gasteiger partial charge >= 0.3 is 6.36 Å². The molecule has 158 valence electrons. The lowest BCUT2D eigenvalue weighted by Gasteiger charge is -2.29. The van der Waals surface area contributed by atoms with Crippen LogP contribution >= 0.6 is 0 Å². The van der Waals surface area contributed by atoms with E-state index in [2.05, 4.69) is 23.8 Å². The first-order valence-corrected chi connectivity index (χ1v) is 10.2. The summed E-state index contributed by atoms with van der Waals surface area (Å²) in [5.41, 5.74) is 0.420. The zero-order valence-corrected chi connectivity index (χ0v) is 16.3. The Morgan fingerprint density at radius 2 is 1.57 bits per heavy atom. The fourth-order valence-electron chi connectivity index (χ4n) is 3.91. The van der Waals surface area contributed by atoms with Crippen molar-refractivity contribution in [3.8, 4) is 5.75 Å². The number of unbranched alkanes of at least 4 members (excludes halogenated alkanes) is 3. The van der Waals surface area contributed by atoms with E-state index >= 15 is 0 Å². The van der Waals surface area contributed by atoms with E-state index in [0.717, 1.165) is 57.1 Å². The minimum atomic E-state index is -5.12. The van der Waals surface area contributed by atoms with Crippen LogP contribution in [-0.2, 0) is 0 Å². The van der Waals surface area contributed by atoms with E-state index in [1.165, 1.54) is 19.3 Å². The van der Waals surface area contributed by atoms with Crippen molar-refractivity contribution in [3.63, 3.8) is 0 Å². The van der Waals surface area contributed by atoms with Gasteiger partial charge < -0.3 is 4.74 Å². The summed E-state index contributed by atoms with van der Waals surface area (Å²) in [6.45, 7) is 2.16. The first-order valence-electron chi connectivity index (χ1n) is 10.2. The van der Waals surface area contributed by atoms with Crippen molar-refractivity contribution in [2.75, 3.05) is 0 Å². The zero-order chi connectivity index (χ0) is 20.6. The maximum atomic E-state index is 13.9. The smallest absolute Gasteiger partial charge is 0.399 e. The highest BCUT2D eigenvalue weighted by Gasteiger charge is 2.34. The Morgan fingerprint density at radius 1 is 0.964 bits per heavy atom. The van der Waals surface area contributed by atoms with E-state index < -0.39 is 23.7 Å². The summed E-state index contributed by atoms with van der Waals surface area (Å²) >= 11 is 0. The van der Waals surface area contributed by atoms with Crippen molar-refractivity contribution in [3.05, 3.63) is 41.5 Å². The molecule has 0 N–H and O–H groups in total. The van der Waals surface area contributed by atoms with Crippen LogP contribution in [0.15, 0.2) is 24.3 Å². The van der Waals surface area contributed by atoms with Gasteiger partial charge in [0.1, 0.15) is 0 Å². The molecule has 0 atom stereocenters. The Balaban J connectivity index is 1.80. The number of hydrogen-bond donors (Lipinski definition) is 0. The Bertz CT molecular complexity index is 607. The average Bonchev–Trinajstić information content (AvgIpc) is 2.63. The van der Waals surface area contributed by atoms with Gasteiger partial charge in [-0.1, -0.05) is 38.3 Å². The molecule has 0 saturated heterocycles. The molecule has 1 nitrogen and oxygen atoms in total. The molecule has 1 aliphatic rings. The molecule has 0 heterocycles. The molecule has 0 radical (unpaired) electrons. The first-order chi connectivity index (χ1) is 13.3. The molecule has 1 saturated carbocycles. The lowest BCUT2D eigenvalue weighted by Crippen LogP contribution is -2.19. The predicted molar refractivity (Wildman–Crippen MR) is 100 cm³/mol. The normalized spacial score (nSPS) is 20.6. The van der Waals surface area contributed by atoms with E-state index in [0.29, 0.717) is 11.5 Å². The van der Waals surface area contributed by atoms with Crippen LogP contribution in [0.5, 0.6) is 5.75 Å². The van der Waals surface area contributed by atoms with E-state index in [4.69, 9.17) is 0 Å². The number of hydrogen-bond acceptors (Lipinski definition) is 1. The summed E-state index contributed by atoms with van der Waals surface area (Å²) in [4.78, 5) is 0. The van der Waals surface area contributed by atoms with Crippen molar-refractivity contribution >= 4 is 0 Å². The van der Waals surface area contributed by atoms with E-state index in [-0.39, 0.29) is 5.92 Å². The van der Waals surface area contributed by atoms with Gasteiger partial charge in [0.25, 0.3) is 0 Å². The van der Waals surface area contributed by atoms with Gasteiger partial charge in [-0.2, -0.15) is 0 Å². The van der Waals surface area contributed by atoms with Gasteiger partial charge in [-0.15, -0.1) is 13.2 Å². The minimum Gasteiger partial charge on any atom is -0.399 e. The molecule has 1 aliphatic carbocycles. The van der Waals surface area contributed by atoms with Crippen LogP contribution in [0.3, 0.4) is 0 Å². The van der Waals surface area contributed by atoms with Crippen LogP contribution in [0.4, 0.5) is 22.0 Å². The van der Waals surface area contributed by atoms with Crippen LogP contribution in [0.1, 0.15) is 82.6 Å². The maximum Gasteiger partial charge on any atom is 0.573 e. The molecule has 2 rings (SSSR count). The van der Waals surface area contributed by atoms with Crippen molar-refractivity contribution in [2.45, 2.75) is 83.4 Å². The third kappa shape index (κ3) is 7.44. The van der Waals surface area contributed by atoms with Crippen molar-refractivity contribution in [2.24, 2.45) is 5.92 Å². The molecular formula is C22H29F5O. The van der Waals surface area contributed by atoms with Gasteiger partial charge in [-0.05, 0) is 74.5 Å². The number of rotatable bonds is 9. The topological polar surface area (TPSA) is 9.23 Å². The number of alkyl halides is 3. The molecular weight excluding hydrogens is 375 g/mol. The van der Waals surface area contributed by atoms with Gasteiger partial charge in [-0.3, -0.25) is 0 Å². The summed E-state index contributed by atoms with van der Waals surface area (Å²) in [6.07, 6.45) is 9.88. The molecule has 0 aromatic heterocycles. The van der Waals surface area contributed by atoms with Crippen LogP contribution < -0.4 is 4.74 Å². The van der Waals surface area contributed by atoms with Crippen molar-refractivity contribution in [1.82, 2.24) is 0 Å². The van der Waals surface area contributed by atoms with Crippen LogP contribution in [0.25, 0.3) is 0 Å². The summed E-state index contributed by atoms with van der Waals surface area (Å²) in [7, 11) is 0. The van der Waals surface area contributed by atoms with Gasteiger partial charge in [0, 0.05) is 0 Å². The quantitative estimate of drug-likeness (QED) is 0.230. The second-order valence-corrected chi connectivity index (χ2v) is 7.62. The van der Waals surface area contributed by atoms with Gasteiger partial charge in [-0.25, -0.2) is 8.78 Å². The fourth-order valence-corrected chi connectivity index (χ4v) is 3.91. The van der Waals surface area contributed by atoms with Crippen molar-refractivity contribution < 1.29 is 26.7 Å². The molecule has 0 amide bonds. The van der Waals surface area contributed by atoms with Crippen LogP contribution in [-0.4, -0.2) is 6.36 Å². The summed E-state index contributed by atoms with van der Waals surface area (Å²) < 4.78 is 68.0. The zero-order valence-electron chi connectivity index (χ0n) is 16.3.